The quantitative estimate of drug-likeness (QED) is 0.0272. The zero-order chi connectivity index (χ0) is 50.6. The Labute approximate surface area is 429 Å². The van der Waals surface area contributed by atoms with Gasteiger partial charge in [0.2, 0.25) is 5.91 Å². The molecule has 8 nitrogen and oxygen atoms in total. The Morgan fingerprint density at radius 1 is 0.493 bits per heavy atom. The average molecular weight is 994 g/mol. The van der Waals surface area contributed by atoms with Crippen molar-refractivity contribution in [2.75, 3.05) is 40.9 Å². The molecule has 0 radical (unpaired) electrons. The summed E-state index contributed by atoms with van der Waals surface area (Å²) in [6.07, 6.45) is 66.7. The number of nitrogens with zero attached hydrogens (tertiary/aromatic N) is 1. The molecule has 9 heteroatoms. The number of aliphatic hydroxyl groups excluding tert-OH is 1. The molecule has 0 fully saturated rings. The van der Waals surface area contributed by atoms with Gasteiger partial charge in [0.05, 0.1) is 39.9 Å². The molecule has 0 aromatic heterocycles. The molecule has 69 heavy (non-hydrogen) atoms. The number of carbonyl (C=O) groups is 1. The van der Waals surface area contributed by atoms with Gasteiger partial charge in [-0.2, -0.15) is 0 Å². The number of likely N-dealkylation sites (N-methyl/N-ethyl adjacent to an activating group) is 1. The van der Waals surface area contributed by atoms with E-state index < -0.39 is 26.6 Å². The van der Waals surface area contributed by atoms with Gasteiger partial charge in [0.25, 0.3) is 7.82 Å². The number of rotatable bonds is 55. The molecule has 0 aromatic rings. The van der Waals surface area contributed by atoms with Gasteiger partial charge in [-0.3, -0.25) is 9.36 Å². The van der Waals surface area contributed by atoms with E-state index in [4.69, 9.17) is 9.05 Å². The van der Waals surface area contributed by atoms with E-state index in [1.54, 1.807) is 6.08 Å². The van der Waals surface area contributed by atoms with Gasteiger partial charge in [-0.25, -0.2) is 0 Å². The predicted octanol–water partition coefficient (Wildman–Crippen LogP) is 17.5. The summed E-state index contributed by atoms with van der Waals surface area (Å²) in [5.41, 5.74) is 0. The van der Waals surface area contributed by atoms with Crippen molar-refractivity contribution in [1.29, 1.82) is 0 Å². The number of allylic oxidation sites excluding steroid dienone is 5. The van der Waals surface area contributed by atoms with Crippen molar-refractivity contribution in [1.82, 2.24) is 5.32 Å². The predicted molar refractivity (Wildman–Crippen MR) is 298 cm³/mol. The summed E-state index contributed by atoms with van der Waals surface area (Å²) in [4.78, 5) is 25.5. The molecule has 0 saturated carbocycles. The number of unbranched alkanes of at least 4 members (excludes halogenated alkanes) is 38. The lowest BCUT2D eigenvalue weighted by atomic mass is 10.0. The first kappa shape index (κ1) is 67.7. The van der Waals surface area contributed by atoms with Crippen molar-refractivity contribution in [3.8, 4) is 0 Å². The summed E-state index contributed by atoms with van der Waals surface area (Å²) >= 11 is 0. The molecule has 0 saturated heterocycles. The number of phosphoric ester groups is 1. The van der Waals surface area contributed by atoms with E-state index in [0.717, 1.165) is 44.9 Å². The van der Waals surface area contributed by atoms with Crippen LogP contribution in [0.3, 0.4) is 0 Å². The maximum Gasteiger partial charge on any atom is 0.268 e. The Morgan fingerprint density at radius 2 is 0.812 bits per heavy atom. The SMILES string of the molecule is CCCCCCCCCC/C=C/CC/C=C/CC/C=C/C(O)C(COP(=O)([O-])OCC[N+](C)(C)C)NC(=O)CCCCCCCCCCCCCCCCCCCCCCCCCCCCCCC. The normalized spacial score (nSPS) is 14.1. The topological polar surface area (TPSA) is 108 Å². The standard InChI is InChI=1S/C60H117N2O6P/c1-6-8-10-12-14-16-18-20-22-24-26-27-28-29-30-31-32-33-34-35-36-38-40-42-44-46-48-50-52-54-60(64)61-58(57-68-69(65,66)67-56-55-62(3,4)5)59(63)53-51-49-47-45-43-41-39-37-25-23-21-19-17-15-13-11-9-7-2/h25,37,43,45,51,53,58-59,63H,6-24,26-36,38-42,44,46-50,52,54-57H2,1-5H3,(H-,61,64,65,66)/b37-25+,45-43+,53-51+. The molecule has 1 amide bonds. The van der Waals surface area contributed by atoms with E-state index in [1.165, 1.54) is 225 Å². The molecule has 0 spiro atoms. The van der Waals surface area contributed by atoms with Crippen LogP contribution in [0.4, 0.5) is 0 Å². The van der Waals surface area contributed by atoms with Gasteiger partial charge in [0.15, 0.2) is 0 Å². The van der Waals surface area contributed by atoms with Crippen LogP contribution in [-0.4, -0.2) is 68.5 Å². The lowest BCUT2D eigenvalue weighted by molar-refractivity contribution is -0.870. The van der Waals surface area contributed by atoms with E-state index >= 15 is 0 Å². The minimum Gasteiger partial charge on any atom is -0.756 e. The molecule has 0 aliphatic heterocycles. The fraction of sp³-hybridized carbons (Fsp3) is 0.883. The molecular formula is C60H117N2O6P. The molecule has 0 bridgehead atoms. The van der Waals surface area contributed by atoms with Crippen LogP contribution in [0.5, 0.6) is 0 Å². The number of amides is 1. The number of hydrogen-bond donors (Lipinski definition) is 2. The zero-order valence-corrected chi connectivity index (χ0v) is 47.4. The van der Waals surface area contributed by atoms with Gasteiger partial charge in [-0.05, 0) is 44.9 Å². The highest BCUT2D eigenvalue weighted by atomic mass is 31.2. The Kier molecular flexibility index (Phi) is 50.7. The van der Waals surface area contributed by atoms with Gasteiger partial charge < -0.3 is 28.8 Å². The first-order valence-corrected chi connectivity index (χ1v) is 31.3. The third-order valence-electron chi connectivity index (χ3n) is 13.6. The lowest BCUT2D eigenvalue weighted by Crippen LogP contribution is -2.45. The maximum atomic E-state index is 13.0. The molecule has 3 atom stereocenters. The molecule has 0 aromatic carbocycles. The van der Waals surface area contributed by atoms with Crippen molar-refractivity contribution in [2.24, 2.45) is 0 Å². The monoisotopic (exact) mass is 993 g/mol. The first-order valence-electron chi connectivity index (χ1n) is 29.9. The van der Waals surface area contributed by atoms with Gasteiger partial charge in [0, 0.05) is 6.42 Å². The van der Waals surface area contributed by atoms with Crippen molar-refractivity contribution >= 4 is 13.7 Å². The molecule has 0 aliphatic rings. The Morgan fingerprint density at radius 3 is 1.17 bits per heavy atom. The maximum absolute atomic E-state index is 13.0. The second-order valence-electron chi connectivity index (χ2n) is 21.7. The van der Waals surface area contributed by atoms with Gasteiger partial charge in [0.1, 0.15) is 13.2 Å². The Hall–Kier alpha value is -1.28. The van der Waals surface area contributed by atoms with Crippen LogP contribution >= 0.6 is 7.82 Å². The fourth-order valence-corrected chi connectivity index (χ4v) is 9.62. The molecule has 0 rings (SSSR count). The summed E-state index contributed by atoms with van der Waals surface area (Å²) in [5, 5.41) is 13.9. The molecule has 0 aliphatic carbocycles. The van der Waals surface area contributed by atoms with Crippen molar-refractivity contribution in [3.63, 3.8) is 0 Å². The van der Waals surface area contributed by atoms with Gasteiger partial charge in [-0.15, -0.1) is 0 Å². The van der Waals surface area contributed by atoms with Crippen LogP contribution in [0.1, 0.15) is 290 Å². The van der Waals surface area contributed by atoms with Crippen LogP contribution in [0.2, 0.25) is 0 Å². The summed E-state index contributed by atoms with van der Waals surface area (Å²) in [7, 11) is 1.25. The van der Waals surface area contributed by atoms with Crippen LogP contribution in [0.15, 0.2) is 36.5 Å². The van der Waals surface area contributed by atoms with Gasteiger partial charge in [-0.1, -0.05) is 275 Å². The zero-order valence-electron chi connectivity index (χ0n) is 46.5. The van der Waals surface area contributed by atoms with Crippen molar-refractivity contribution < 1.29 is 32.9 Å². The Balaban J connectivity index is 4.14. The molecular weight excluding hydrogens is 876 g/mol. The van der Waals surface area contributed by atoms with Gasteiger partial charge >= 0.3 is 0 Å². The third-order valence-corrected chi connectivity index (χ3v) is 14.5. The molecule has 0 heterocycles. The van der Waals surface area contributed by atoms with Crippen molar-refractivity contribution in [3.05, 3.63) is 36.5 Å². The minimum absolute atomic E-state index is 0.00740. The number of hydrogen-bond acceptors (Lipinski definition) is 6. The highest BCUT2D eigenvalue weighted by Crippen LogP contribution is 2.38. The Bertz CT molecular complexity index is 1220. The second kappa shape index (κ2) is 51.6. The fourth-order valence-electron chi connectivity index (χ4n) is 8.89. The molecule has 2 N–H and O–H groups in total. The van der Waals surface area contributed by atoms with Crippen LogP contribution < -0.4 is 10.2 Å². The second-order valence-corrected chi connectivity index (χ2v) is 23.1. The lowest BCUT2D eigenvalue weighted by Gasteiger charge is -2.29. The summed E-state index contributed by atoms with van der Waals surface area (Å²) in [6.45, 7) is 4.65. The van der Waals surface area contributed by atoms with E-state index in [9.17, 15) is 19.4 Å². The highest BCUT2D eigenvalue weighted by molar-refractivity contribution is 7.45. The highest BCUT2D eigenvalue weighted by Gasteiger charge is 2.23. The minimum atomic E-state index is -4.61. The summed E-state index contributed by atoms with van der Waals surface area (Å²) in [6, 6.07) is -0.908. The van der Waals surface area contributed by atoms with E-state index in [2.05, 4.69) is 43.5 Å². The molecule has 408 valence electrons. The van der Waals surface area contributed by atoms with E-state index in [0.29, 0.717) is 17.4 Å². The number of quaternary nitrogens is 1. The average Bonchev–Trinajstić information content (AvgIpc) is 3.31. The molecule has 3 unspecified atom stereocenters. The largest absolute Gasteiger partial charge is 0.756 e. The number of aliphatic hydroxyl groups is 1. The van der Waals surface area contributed by atoms with Crippen molar-refractivity contribution in [2.45, 2.75) is 302 Å². The van der Waals surface area contributed by atoms with Crippen LogP contribution in [-0.2, 0) is 18.4 Å². The number of phosphoric acid groups is 1. The van der Waals surface area contributed by atoms with Crippen LogP contribution in [0.25, 0.3) is 0 Å². The number of carbonyl (C=O) groups excluding carboxylic acids is 1. The van der Waals surface area contributed by atoms with Crippen LogP contribution in [0, 0.1) is 0 Å². The number of nitrogens with one attached hydrogen (secondary N) is 1. The summed E-state index contributed by atoms with van der Waals surface area (Å²) in [5.74, 6) is -0.206. The van der Waals surface area contributed by atoms with E-state index in [1.807, 2.05) is 27.2 Å². The first-order chi connectivity index (χ1) is 33.5. The van der Waals surface area contributed by atoms with E-state index in [-0.39, 0.29) is 12.5 Å². The smallest absolute Gasteiger partial charge is 0.268 e. The summed E-state index contributed by atoms with van der Waals surface area (Å²) < 4.78 is 23.3. The third kappa shape index (κ3) is 54.3.